The predicted octanol–water partition coefficient (Wildman–Crippen LogP) is 7.86. The molecule has 5 heteroatoms. The molecule has 0 aromatic rings. The average molecular weight is 421 g/mol. The standard InChI is InChI=1S/C23H49FO3Si/c1-25-28(26-2,27-3)23-21-19-17-15-13-11-9-7-5-4-6-8-10-12-14-16-18-20-22-24/h4-23H2,1-3H3. The van der Waals surface area contributed by atoms with E-state index in [9.17, 15) is 4.39 Å². The molecule has 0 aromatic carbocycles. The minimum Gasteiger partial charge on any atom is -0.377 e. The normalized spacial score (nSPS) is 12.0. The molecule has 28 heavy (non-hydrogen) atoms. The number of alkyl halides is 1. The summed E-state index contributed by atoms with van der Waals surface area (Å²) >= 11 is 0. The lowest BCUT2D eigenvalue weighted by molar-refractivity contribution is 0.122. The summed E-state index contributed by atoms with van der Waals surface area (Å²) < 4.78 is 28.3. The molecule has 0 amide bonds. The van der Waals surface area contributed by atoms with E-state index in [0.717, 1.165) is 25.3 Å². The minimum atomic E-state index is -2.34. The van der Waals surface area contributed by atoms with Gasteiger partial charge in [-0.3, -0.25) is 4.39 Å². The Hall–Kier alpha value is 0.0269. The van der Waals surface area contributed by atoms with Crippen LogP contribution < -0.4 is 0 Å². The van der Waals surface area contributed by atoms with Gasteiger partial charge in [0.1, 0.15) is 0 Å². The zero-order chi connectivity index (χ0) is 20.8. The van der Waals surface area contributed by atoms with Crippen LogP contribution in [0.15, 0.2) is 0 Å². The third-order valence-electron chi connectivity index (χ3n) is 5.80. The van der Waals surface area contributed by atoms with Crippen LogP contribution >= 0.6 is 0 Å². The highest BCUT2D eigenvalue weighted by molar-refractivity contribution is 6.60. The maximum atomic E-state index is 12.0. The van der Waals surface area contributed by atoms with Crippen LogP contribution in [0.4, 0.5) is 4.39 Å². The summed E-state index contributed by atoms with van der Waals surface area (Å²) in [4.78, 5) is 0. The lowest BCUT2D eigenvalue weighted by Gasteiger charge is -2.24. The molecule has 0 saturated heterocycles. The van der Waals surface area contributed by atoms with Crippen LogP contribution in [0.2, 0.25) is 6.04 Å². The van der Waals surface area contributed by atoms with Crippen LogP contribution in [0.3, 0.4) is 0 Å². The van der Waals surface area contributed by atoms with Crippen molar-refractivity contribution < 1.29 is 17.7 Å². The molecule has 0 aromatic heterocycles. The van der Waals surface area contributed by atoms with Gasteiger partial charge in [0, 0.05) is 27.4 Å². The van der Waals surface area contributed by atoms with Crippen molar-refractivity contribution in [2.24, 2.45) is 0 Å². The maximum Gasteiger partial charge on any atom is 0.500 e. The summed E-state index contributed by atoms with van der Waals surface area (Å²) in [7, 11) is 2.74. The van der Waals surface area contributed by atoms with Crippen molar-refractivity contribution in [2.75, 3.05) is 28.0 Å². The first-order valence-electron chi connectivity index (χ1n) is 12.0. The molecule has 0 atom stereocenters. The first kappa shape index (κ1) is 28.0. The zero-order valence-corrected chi connectivity index (χ0v) is 20.2. The van der Waals surface area contributed by atoms with Gasteiger partial charge in [0.2, 0.25) is 0 Å². The lowest BCUT2D eigenvalue weighted by atomic mass is 10.0. The van der Waals surface area contributed by atoms with Gasteiger partial charge in [-0.15, -0.1) is 0 Å². The van der Waals surface area contributed by atoms with E-state index in [0.29, 0.717) is 0 Å². The highest BCUT2D eigenvalue weighted by atomic mass is 28.4. The molecule has 0 radical (unpaired) electrons. The highest BCUT2D eigenvalue weighted by Gasteiger charge is 2.36. The van der Waals surface area contributed by atoms with E-state index >= 15 is 0 Å². The van der Waals surface area contributed by atoms with E-state index in [1.54, 1.807) is 21.3 Å². The lowest BCUT2D eigenvalue weighted by Crippen LogP contribution is -2.42. The van der Waals surface area contributed by atoms with Gasteiger partial charge in [0.05, 0.1) is 6.67 Å². The smallest absolute Gasteiger partial charge is 0.377 e. The summed E-state index contributed by atoms with van der Waals surface area (Å²) in [5, 5.41) is 0. The molecule has 0 N–H and O–H groups in total. The van der Waals surface area contributed by atoms with Gasteiger partial charge in [0.15, 0.2) is 0 Å². The fourth-order valence-corrected chi connectivity index (χ4v) is 5.62. The van der Waals surface area contributed by atoms with Crippen molar-refractivity contribution in [1.82, 2.24) is 0 Å². The SMILES string of the molecule is CO[Si](CCCCCCCCCCCCCCCCCCCCF)(OC)OC. The van der Waals surface area contributed by atoms with Crippen LogP contribution in [0.1, 0.15) is 116 Å². The van der Waals surface area contributed by atoms with Crippen LogP contribution in [0.5, 0.6) is 0 Å². The van der Waals surface area contributed by atoms with Crippen LogP contribution in [0.25, 0.3) is 0 Å². The molecule has 3 nitrogen and oxygen atoms in total. The Bertz CT molecular complexity index is 293. The summed E-state index contributed by atoms with van der Waals surface area (Å²) in [5.41, 5.74) is 0. The number of unbranched alkanes of at least 4 members (excludes halogenated alkanes) is 17. The van der Waals surface area contributed by atoms with Crippen molar-refractivity contribution in [3.05, 3.63) is 0 Å². The summed E-state index contributed by atoms with van der Waals surface area (Å²) in [6.45, 7) is -0.138. The van der Waals surface area contributed by atoms with Crippen molar-refractivity contribution >= 4 is 8.80 Å². The molecule has 0 bridgehead atoms. The van der Waals surface area contributed by atoms with Gasteiger partial charge in [-0.1, -0.05) is 103 Å². The molecular weight excluding hydrogens is 371 g/mol. The third-order valence-corrected chi connectivity index (χ3v) is 8.63. The second-order valence-corrected chi connectivity index (χ2v) is 11.2. The molecular formula is C23H49FO3Si. The molecule has 0 aliphatic carbocycles. The number of hydrogen-bond donors (Lipinski definition) is 0. The Kier molecular flexibility index (Phi) is 21.7. The fourth-order valence-electron chi connectivity index (χ4n) is 3.82. The van der Waals surface area contributed by atoms with Crippen molar-refractivity contribution in [3.8, 4) is 0 Å². The zero-order valence-electron chi connectivity index (χ0n) is 19.2. The summed E-state index contributed by atoms with van der Waals surface area (Å²) in [6.07, 6.45) is 23.3. The summed E-state index contributed by atoms with van der Waals surface area (Å²) in [6, 6.07) is 0.926. The number of rotatable bonds is 23. The topological polar surface area (TPSA) is 27.7 Å². The number of halogens is 1. The molecule has 0 heterocycles. The second kappa shape index (κ2) is 21.7. The van der Waals surface area contributed by atoms with Gasteiger partial charge < -0.3 is 13.3 Å². The van der Waals surface area contributed by atoms with Crippen molar-refractivity contribution in [2.45, 2.75) is 122 Å². The van der Waals surface area contributed by atoms with Crippen LogP contribution in [0, 0.1) is 0 Å². The van der Waals surface area contributed by atoms with E-state index < -0.39 is 8.80 Å². The Balaban J connectivity index is 3.18. The maximum absolute atomic E-state index is 12.0. The van der Waals surface area contributed by atoms with Gasteiger partial charge >= 0.3 is 8.80 Å². The van der Waals surface area contributed by atoms with Crippen LogP contribution in [-0.4, -0.2) is 36.8 Å². The van der Waals surface area contributed by atoms with E-state index in [2.05, 4.69) is 0 Å². The first-order chi connectivity index (χ1) is 13.7. The Morgan fingerprint density at radius 1 is 0.429 bits per heavy atom. The van der Waals surface area contributed by atoms with Crippen molar-refractivity contribution in [3.63, 3.8) is 0 Å². The van der Waals surface area contributed by atoms with E-state index in [1.807, 2.05) is 0 Å². The van der Waals surface area contributed by atoms with E-state index in [-0.39, 0.29) is 6.67 Å². The Labute approximate surface area is 176 Å². The Morgan fingerprint density at radius 3 is 0.929 bits per heavy atom. The van der Waals surface area contributed by atoms with Gasteiger partial charge in [-0.25, -0.2) is 0 Å². The minimum absolute atomic E-state index is 0.138. The van der Waals surface area contributed by atoms with Crippen molar-refractivity contribution in [1.29, 1.82) is 0 Å². The van der Waals surface area contributed by atoms with Gasteiger partial charge in [-0.2, -0.15) is 0 Å². The molecule has 0 aliphatic heterocycles. The molecule has 0 fully saturated rings. The van der Waals surface area contributed by atoms with Crippen LogP contribution in [-0.2, 0) is 13.3 Å². The monoisotopic (exact) mass is 420 g/mol. The molecule has 170 valence electrons. The third kappa shape index (κ3) is 16.9. The van der Waals surface area contributed by atoms with E-state index in [4.69, 9.17) is 13.3 Å². The quantitative estimate of drug-likeness (QED) is 0.124. The molecule has 0 saturated carbocycles. The largest absolute Gasteiger partial charge is 0.500 e. The van der Waals surface area contributed by atoms with E-state index in [1.165, 1.54) is 96.3 Å². The fraction of sp³-hybridized carbons (Fsp3) is 1.00. The molecule has 0 rings (SSSR count). The molecule has 0 spiro atoms. The Morgan fingerprint density at radius 2 is 0.679 bits per heavy atom. The number of hydrogen-bond acceptors (Lipinski definition) is 3. The predicted molar refractivity (Wildman–Crippen MR) is 121 cm³/mol. The second-order valence-electron chi connectivity index (χ2n) is 8.10. The first-order valence-corrected chi connectivity index (χ1v) is 13.9. The molecule has 0 unspecified atom stereocenters. The highest BCUT2D eigenvalue weighted by Crippen LogP contribution is 2.19. The van der Waals surface area contributed by atoms with Gasteiger partial charge in [-0.05, 0) is 12.8 Å². The average Bonchev–Trinajstić information content (AvgIpc) is 2.73. The summed E-state index contributed by atoms with van der Waals surface area (Å²) in [5.74, 6) is 0. The van der Waals surface area contributed by atoms with Gasteiger partial charge in [0.25, 0.3) is 0 Å². The molecule has 0 aliphatic rings.